The lowest BCUT2D eigenvalue weighted by Gasteiger charge is -2.10. The zero-order valence-corrected chi connectivity index (χ0v) is 9.43. The van der Waals surface area contributed by atoms with Gasteiger partial charge in [-0.2, -0.15) is 0 Å². The Hall–Kier alpha value is -1.56. The van der Waals surface area contributed by atoms with E-state index in [-0.39, 0.29) is 12.1 Å². The molecule has 1 aliphatic rings. The number of rotatable bonds is 5. The van der Waals surface area contributed by atoms with Gasteiger partial charge in [0.15, 0.2) is 6.40 Å². The maximum absolute atomic E-state index is 11.8. The van der Waals surface area contributed by atoms with Crippen LogP contribution in [0.25, 0.3) is 0 Å². The van der Waals surface area contributed by atoms with Crippen LogP contribution < -0.4 is 0 Å². The minimum absolute atomic E-state index is 0.113. The molecule has 0 N–H and O–H groups in total. The molecule has 18 heavy (non-hydrogen) atoms. The van der Waals surface area contributed by atoms with Gasteiger partial charge < -0.3 is 9.47 Å². The summed E-state index contributed by atoms with van der Waals surface area (Å²) in [4.78, 5) is 3.77. The van der Waals surface area contributed by atoms with E-state index in [1.54, 1.807) is 0 Å². The molecule has 1 heterocycles. The van der Waals surface area contributed by atoms with Gasteiger partial charge in [0.1, 0.15) is 6.10 Å². The molecule has 98 valence electrons. The second-order valence-corrected chi connectivity index (χ2v) is 3.95. The maximum atomic E-state index is 11.8. The molecule has 2 rings (SSSR count). The Morgan fingerprint density at radius 2 is 2.06 bits per heavy atom. The van der Waals surface area contributed by atoms with E-state index in [4.69, 9.17) is 4.74 Å². The predicted octanol–water partition coefficient (Wildman–Crippen LogP) is 2.56. The van der Waals surface area contributed by atoms with Crippen LogP contribution in [0, 0.1) is 0 Å². The number of ether oxygens (including phenoxy) is 2. The molecular weight excluding hydrogens is 247 g/mol. The van der Waals surface area contributed by atoms with Crippen molar-refractivity contribution in [1.29, 1.82) is 0 Å². The van der Waals surface area contributed by atoms with Crippen molar-refractivity contribution in [3.8, 4) is 0 Å². The molecule has 1 aromatic carbocycles. The van der Waals surface area contributed by atoms with E-state index >= 15 is 0 Å². The zero-order chi connectivity index (χ0) is 13.0. The zero-order valence-electron chi connectivity index (χ0n) is 9.43. The molecule has 1 aromatic rings. The molecule has 2 atom stereocenters. The van der Waals surface area contributed by atoms with E-state index in [9.17, 15) is 13.2 Å². The van der Waals surface area contributed by atoms with Crippen molar-refractivity contribution in [2.75, 3.05) is 6.61 Å². The summed E-state index contributed by atoms with van der Waals surface area (Å²) in [5.74, 6) is 0. The highest BCUT2D eigenvalue weighted by Gasteiger charge is 2.33. The number of hydrogen-bond acceptors (Lipinski definition) is 3. The average molecular weight is 259 g/mol. The minimum atomic E-state index is -4.69. The lowest BCUT2D eigenvalue weighted by molar-refractivity contribution is -0.280. The quantitative estimate of drug-likeness (QED) is 0.462. The van der Waals surface area contributed by atoms with Gasteiger partial charge in [-0.3, -0.25) is 4.99 Å². The lowest BCUT2D eigenvalue weighted by Crippen LogP contribution is -2.18. The van der Waals surface area contributed by atoms with E-state index < -0.39 is 6.36 Å². The molecule has 1 aliphatic heterocycles. The molecule has 0 spiro atoms. The molecule has 0 aromatic heterocycles. The Balaban J connectivity index is 1.93. The number of hydrogen-bond donors (Lipinski definition) is 0. The summed E-state index contributed by atoms with van der Waals surface area (Å²) in [7, 11) is 0. The van der Waals surface area contributed by atoms with Crippen LogP contribution in [0.4, 0.5) is 13.2 Å². The van der Waals surface area contributed by atoms with Crippen LogP contribution in [0.5, 0.6) is 0 Å². The predicted molar refractivity (Wildman–Crippen MR) is 59.3 cm³/mol. The number of halogens is 3. The first kappa shape index (κ1) is 12.9. The van der Waals surface area contributed by atoms with E-state index in [1.807, 2.05) is 30.3 Å². The van der Waals surface area contributed by atoms with Gasteiger partial charge >= 0.3 is 6.36 Å². The molecule has 2 unspecified atom stereocenters. The van der Waals surface area contributed by atoms with Gasteiger partial charge in [-0.15, -0.1) is 13.2 Å². The van der Waals surface area contributed by atoms with Crippen molar-refractivity contribution in [2.45, 2.75) is 24.9 Å². The first-order chi connectivity index (χ1) is 8.54. The molecular formula is C12H12F3NO2. The van der Waals surface area contributed by atoms with Crippen LogP contribution >= 0.6 is 0 Å². The van der Waals surface area contributed by atoms with E-state index in [0.29, 0.717) is 19.4 Å². The largest absolute Gasteiger partial charge is 0.573 e. The molecule has 0 bridgehead atoms. The van der Waals surface area contributed by atoms with Crippen LogP contribution in [0.2, 0.25) is 0 Å². The fourth-order valence-corrected chi connectivity index (χ4v) is 1.58. The summed E-state index contributed by atoms with van der Waals surface area (Å²) in [6.07, 6.45) is -3.82. The number of aliphatic imine (C=N–C) groups is 1. The lowest BCUT2D eigenvalue weighted by atomic mass is 10.0. The normalized spacial score (nSPS) is 20.9. The van der Waals surface area contributed by atoms with E-state index in [0.717, 1.165) is 5.56 Å². The smallest absolute Gasteiger partial charge is 0.395 e. The number of benzene rings is 1. The van der Waals surface area contributed by atoms with Crippen LogP contribution in [0.3, 0.4) is 0 Å². The second-order valence-electron chi connectivity index (χ2n) is 3.95. The van der Waals surface area contributed by atoms with Crippen molar-refractivity contribution in [3.63, 3.8) is 0 Å². The summed E-state index contributed by atoms with van der Waals surface area (Å²) >= 11 is 0. The van der Waals surface area contributed by atoms with Crippen LogP contribution in [-0.4, -0.2) is 31.5 Å². The first-order valence-corrected chi connectivity index (χ1v) is 5.46. The fourth-order valence-electron chi connectivity index (χ4n) is 1.58. The fraction of sp³-hybridized carbons (Fsp3) is 0.417. The number of epoxide rings is 1. The molecule has 0 amide bonds. The van der Waals surface area contributed by atoms with Crippen LogP contribution in [-0.2, 0) is 15.9 Å². The molecule has 0 radical (unpaired) electrons. The summed E-state index contributed by atoms with van der Waals surface area (Å²) in [5, 5.41) is 0. The Labute approximate surface area is 102 Å². The Kier molecular flexibility index (Phi) is 3.86. The standard InChI is InChI=1S/C12H12F3NO2/c13-12(14,15)18-8-16-10(11-7-17-11)6-9-4-2-1-3-5-9/h1-5,8,10-11H,6-7H2/b16-8+. The average Bonchev–Trinajstić information content (AvgIpc) is 3.11. The summed E-state index contributed by atoms with van der Waals surface area (Å²) in [5.41, 5.74) is 1.00. The molecule has 0 saturated carbocycles. The Bertz CT molecular complexity index is 402. The van der Waals surface area contributed by atoms with Gasteiger partial charge in [-0.05, 0) is 12.0 Å². The molecule has 3 nitrogen and oxygen atoms in total. The van der Waals surface area contributed by atoms with Crippen LogP contribution in [0.1, 0.15) is 5.56 Å². The van der Waals surface area contributed by atoms with Gasteiger partial charge in [-0.1, -0.05) is 30.3 Å². The Morgan fingerprint density at radius 3 is 2.61 bits per heavy atom. The molecule has 0 aliphatic carbocycles. The third-order valence-electron chi connectivity index (χ3n) is 2.51. The van der Waals surface area contributed by atoms with Gasteiger partial charge in [0, 0.05) is 0 Å². The molecule has 1 fully saturated rings. The minimum Gasteiger partial charge on any atom is -0.395 e. The van der Waals surface area contributed by atoms with Crippen molar-refractivity contribution in [2.24, 2.45) is 4.99 Å². The maximum Gasteiger partial charge on any atom is 0.573 e. The summed E-state index contributed by atoms with van der Waals surface area (Å²) < 4.78 is 44.0. The monoisotopic (exact) mass is 259 g/mol. The SMILES string of the molecule is FC(F)(F)O/C=N/C(Cc1ccccc1)C1CO1. The second kappa shape index (κ2) is 5.39. The van der Waals surface area contributed by atoms with Crippen LogP contribution in [0.15, 0.2) is 35.3 Å². The number of alkyl halides is 3. The van der Waals surface area contributed by atoms with Crippen molar-refractivity contribution < 1.29 is 22.6 Å². The topological polar surface area (TPSA) is 34.1 Å². The third-order valence-corrected chi connectivity index (χ3v) is 2.51. The number of nitrogens with zero attached hydrogens (tertiary/aromatic N) is 1. The highest BCUT2D eigenvalue weighted by molar-refractivity contribution is 5.47. The van der Waals surface area contributed by atoms with Gasteiger partial charge in [0.05, 0.1) is 12.6 Å². The highest BCUT2D eigenvalue weighted by Crippen LogP contribution is 2.21. The summed E-state index contributed by atoms with van der Waals surface area (Å²) in [6.45, 7) is 0.529. The van der Waals surface area contributed by atoms with Gasteiger partial charge in [0.2, 0.25) is 0 Å². The molecule has 6 heteroatoms. The van der Waals surface area contributed by atoms with Crippen molar-refractivity contribution >= 4 is 6.40 Å². The van der Waals surface area contributed by atoms with Gasteiger partial charge in [0.25, 0.3) is 0 Å². The van der Waals surface area contributed by atoms with Gasteiger partial charge in [-0.25, -0.2) is 0 Å². The van der Waals surface area contributed by atoms with E-state index in [1.165, 1.54) is 0 Å². The van der Waals surface area contributed by atoms with Crippen molar-refractivity contribution in [3.05, 3.63) is 35.9 Å². The molecule has 1 saturated heterocycles. The first-order valence-electron chi connectivity index (χ1n) is 5.46. The van der Waals surface area contributed by atoms with E-state index in [2.05, 4.69) is 9.73 Å². The summed E-state index contributed by atoms with van der Waals surface area (Å²) in [6, 6.07) is 9.08. The highest BCUT2D eigenvalue weighted by atomic mass is 19.4. The third kappa shape index (κ3) is 4.37. The van der Waals surface area contributed by atoms with Crippen molar-refractivity contribution in [1.82, 2.24) is 0 Å². The Morgan fingerprint density at radius 1 is 1.39 bits per heavy atom.